The van der Waals surface area contributed by atoms with Crippen LogP contribution in [0.4, 0.5) is 18.9 Å². The molecule has 6 nitrogen and oxygen atoms in total. The van der Waals surface area contributed by atoms with Crippen LogP contribution in [0.3, 0.4) is 0 Å². The van der Waals surface area contributed by atoms with Crippen molar-refractivity contribution in [2.24, 2.45) is 5.92 Å². The molecule has 3 aliphatic rings. The fourth-order valence-electron chi connectivity index (χ4n) is 4.51. The molecule has 1 saturated carbocycles. The number of nitrogens with zero attached hydrogens (tertiary/aromatic N) is 2. The SMILES string of the molecule is O=C(O)C(F)(F)F.O=S1(=O)N(CC2CC2)c2ccccc2C12CCN(Cc1cccs1)CC2. The summed E-state index contributed by atoms with van der Waals surface area (Å²) in [4.78, 5) is 12.7. The summed E-state index contributed by atoms with van der Waals surface area (Å²) in [5, 5.41) is 9.23. The van der Waals surface area contributed by atoms with Crippen LogP contribution in [-0.2, 0) is 26.1 Å². The van der Waals surface area contributed by atoms with E-state index in [1.807, 2.05) is 18.2 Å². The highest BCUT2D eigenvalue weighted by molar-refractivity contribution is 7.94. The lowest BCUT2D eigenvalue weighted by Gasteiger charge is -2.39. The van der Waals surface area contributed by atoms with Crippen LogP contribution >= 0.6 is 11.3 Å². The van der Waals surface area contributed by atoms with Crippen molar-refractivity contribution in [1.29, 1.82) is 0 Å². The summed E-state index contributed by atoms with van der Waals surface area (Å²) in [5.74, 6) is -2.21. The predicted octanol–water partition coefficient (Wildman–Crippen LogP) is 4.43. The highest BCUT2D eigenvalue weighted by atomic mass is 32.2. The van der Waals surface area contributed by atoms with Gasteiger partial charge in [0.25, 0.3) is 0 Å². The number of rotatable bonds is 4. The van der Waals surface area contributed by atoms with E-state index in [2.05, 4.69) is 28.5 Å². The molecule has 0 unspecified atom stereocenters. The summed E-state index contributed by atoms with van der Waals surface area (Å²) in [6.45, 7) is 3.27. The molecule has 1 aliphatic carbocycles. The normalized spacial score (nSPS) is 21.4. The van der Waals surface area contributed by atoms with Gasteiger partial charge in [-0.05, 0) is 54.7 Å². The van der Waals surface area contributed by atoms with E-state index in [1.54, 1.807) is 15.6 Å². The molecule has 5 rings (SSSR count). The molecule has 0 bridgehead atoms. The van der Waals surface area contributed by atoms with Gasteiger partial charge in [-0.2, -0.15) is 13.2 Å². The van der Waals surface area contributed by atoms with Crippen molar-refractivity contribution in [3.63, 3.8) is 0 Å². The quantitative estimate of drug-likeness (QED) is 0.669. The van der Waals surface area contributed by atoms with Gasteiger partial charge in [-0.15, -0.1) is 11.3 Å². The first-order chi connectivity index (χ1) is 15.5. The number of benzene rings is 1. The van der Waals surface area contributed by atoms with Gasteiger partial charge in [0.2, 0.25) is 10.0 Å². The van der Waals surface area contributed by atoms with Gasteiger partial charge < -0.3 is 5.11 Å². The minimum atomic E-state index is -5.08. The second-order valence-electron chi connectivity index (χ2n) is 8.65. The number of para-hydroxylation sites is 1. The fourth-order valence-corrected chi connectivity index (χ4v) is 7.65. The predicted molar refractivity (Wildman–Crippen MR) is 120 cm³/mol. The van der Waals surface area contributed by atoms with Crippen LogP contribution in [0.1, 0.15) is 36.1 Å². The molecule has 1 saturated heterocycles. The summed E-state index contributed by atoms with van der Waals surface area (Å²) in [6.07, 6.45) is -1.37. The maximum atomic E-state index is 13.6. The Hall–Kier alpha value is -2.11. The van der Waals surface area contributed by atoms with Gasteiger partial charge >= 0.3 is 12.1 Å². The van der Waals surface area contributed by atoms with E-state index in [0.29, 0.717) is 25.3 Å². The molecule has 1 aromatic carbocycles. The van der Waals surface area contributed by atoms with Gasteiger partial charge in [0.05, 0.1) is 5.69 Å². The average Bonchev–Trinajstić information content (AvgIpc) is 3.41. The van der Waals surface area contributed by atoms with Crippen LogP contribution in [0.5, 0.6) is 0 Å². The lowest BCUT2D eigenvalue weighted by atomic mass is 9.87. The van der Waals surface area contributed by atoms with Crippen LogP contribution in [0.2, 0.25) is 0 Å². The number of hydrogen-bond acceptors (Lipinski definition) is 5. The van der Waals surface area contributed by atoms with E-state index in [0.717, 1.165) is 43.7 Å². The summed E-state index contributed by atoms with van der Waals surface area (Å²) in [6, 6.07) is 12.3. The zero-order valence-corrected chi connectivity index (χ0v) is 19.4. The highest BCUT2D eigenvalue weighted by Gasteiger charge is 2.57. The lowest BCUT2D eigenvalue weighted by Crippen LogP contribution is -2.48. The Bertz CT molecular complexity index is 1090. The van der Waals surface area contributed by atoms with Gasteiger partial charge in [-0.3, -0.25) is 9.21 Å². The summed E-state index contributed by atoms with van der Waals surface area (Å²) >= 11 is 1.77. The maximum absolute atomic E-state index is 13.6. The molecule has 1 spiro atoms. The number of hydrogen-bond donors (Lipinski definition) is 1. The minimum absolute atomic E-state index is 0.548. The lowest BCUT2D eigenvalue weighted by molar-refractivity contribution is -0.192. The zero-order chi connectivity index (χ0) is 23.9. The number of likely N-dealkylation sites (tertiary alicyclic amines) is 1. The third-order valence-corrected chi connectivity index (χ3v) is 9.84. The van der Waals surface area contributed by atoms with Crippen molar-refractivity contribution in [2.45, 2.75) is 43.2 Å². The number of piperidine rings is 1. The molecule has 33 heavy (non-hydrogen) atoms. The van der Waals surface area contributed by atoms with Gasteiger partial charge in [0.1, 0.15) is 4.75 Å². The fraction of sp³-hybridized carbons (Fsp3) is 0.500. The van der Waals surface area contributed by atoms with E-state index in [1.165, 1.54) is 4.88 Å². The average molecular weight is 503 g/mol. The summed E-state index contributed by atoms with van der Waals surface area (Å²) in [7, 11) is -3.34. The molecule has 3 heterocycles. The molecule has 2 aromatic rings. The molecular weight excluding hydrogens is 477 g/mol. The number of anilines is 1. The first-order valence-corrected chi connectivity index (χ1v) is 13.0. The molecule has 180 valence electrons. The monoisotopic (exact) mass is 502 g/mol. The van der Waals surface area contributed by atoms with Crippen molar-refractivity contribution < 1.29 is 31.5 Å². The maximum Gasteiger partial charge on any atom is 0.490 e. The van der Waals surface area contributed by atoms with Gasteiger partial charge in [0, 0.05) is 31.1 Å². The smallest absolute Gasteiger partial charge is 0.475 e. The number of halogens is 3. The van der Waals surface area contributed by atoms with Crippen molar-refractivity contribution >= 4 is 33.0 Å². The molecule has 2 aliphatic heterocycles. The van der Waals surface area contributed by atoms with Crippen molar-refractivity contribution in [1.82, 2.24) is 4.90 Å². The molecule has 0 amide bonds. The second-order valence-corrected chi connectivity index (χ2v) is 11.9. The van der Waals surface area contributed by atoms with E-state index in [4.69, 9.17) is 9.90 Å². The van der Waals surface area contributed by atoms with Crippen molar-refractivity contribution in [2.75, 3.05) is 23.9 Å². The molecular formula is C22H25F3N2O4S2. The topological polar surface area (TPSA) is 77.9 Å². The van der Waals surface area contributed by atoms with Gasteiger partial charge in [0.15, 0.2) is 0 Å². The Balaban J connectivity index is 0.000000325. The number of carbonyl (C=O) groups is 1. The van der Waals surface area contributed by atoms with Gasteiger partial charge in [-0.25, -0.2) is 13.2 Å². The van der Waals surface area contributed by atoms with E-state index >= 15 is 0 Å². The third-order valence-electron chi connectivity index (χ3n) is 6.43. The molecule has 1 aromatic heterocycles. The molecule has 0 atom stereocenters. The van der Waals surface area contributed by atoms with E-state index in [-0.39, 0.29) is 0 Å². The van der Waals surface area contributed by atoms with Crippen LogP contribution in [0.25, 0.3) is 0 Å². The molecule has 1 N–H and O–H groups in total. The molecule has 2 fully saturated rings. The molecule has 0 radical (unpaired) electrons. The van der Waals surface area contributed by atoms with Crippen molar-refractivity contribution in [3.8, 4) is 0 Å². The Morgan fingerprint density at radius 1 is 1.12 bits per heavy atom. The number of fused-ring (bicyclic) bond motifs is 2. The number of aliphatic carboxylic acids is 1. The third kappa shape index (κ3) is 4.76. The second kappa shape index (κ2) is 8.92. The van der Waals surface area contributed by atoms with Gasteiger partial charge in [-0.1, -0.05) is 24.3 Å². The Kier molecular flexibility index (Phi) is 6.49. The zero-order valence-electron chi connectivity index (χ0n) is 17.8. The summed E-state index contributed by atoms with van der Waals surface area (Å²) in [5.41, 5.74) is 1.97. The standard InChI is InChI=1S/C20H24N2O2S2.C2HF3O2/c23-26(24)20(9-11-21(12-10-20)15-17-4-3-13-25-17)18-5-1-2-6-19(18)22(26)14-16-7-8-16;3-2(4,5)1(6)7/h1-6,13,16H,7-12,14-15H2;(H,6,7). The Morgan fingerprint density at radius 3 is 2.30 bits per heavy atom. The molecule has 11 heteroatoms. The Labute approximate surface area is 194 Å². The first kappa shape index (κ1) is 24.0. The number of thiophene rings is 1. The Morgan fingerprint density at radius 2 is 1.76 bits per heavy atom. The minimum Gasteiger partial charge on any atom is -0.475 e. The number of carboxylic acid groups (broad SMARTS) is 1. The number of carboxylic acids is 1. The van der Waals surface area contributed by atoms with Crippen LogP contribution < -0.4 is 4.31 Å². The highest BCUT2D eigenvalue weighted by Crippen LogP contribution is 2.53. The first-order valence-electron chi connectivity index (χ1n) is 10.7. The number of alkyl halides is 3. The summed E-state index contributed by atoms with van der Waals surface area (Å²) < 4.78 is 60.0. The van der Waals surface area contributed by atoms with E-state index in [9.17, 15) is 21.6 Å². The van der Waals surface area contributed by atoms with Crippen LogP contribution in [0, 0.1) is 5.92 Å². The van der Waals surface area contributed by atoms with Crippen molar-refractivity contribution in [3.05, 3.63) is 52.2 Å². The van der Waals surface area contributed by atoms with Crippen LogP contribution in [-0.4, -0.2) is 50.2 Å². The van der Waals surface area contributed by atoms with Crippen LogP contribution in [0.15, 0.2) is 41.8 Å². The number of sulfonamides is 1. The largest absolute Gasteiger partial charge is 0.490 e. The van der Waals surface area contributed by atoms with E-state index < -0.39 is 26.9 Å².